The molecule has 11 nitrogen and oxygen atoms in total. The Morgan fingerprint density at radius 2 is 1.79 bits per heavy atom. The minimum Gasteiger partial charge on any atom is -0.497 e. The molecule has 2 aliphatic heterocycles. The third-order valence-electron chi connectivity index (χ3n) is 7.70. The number of aromatic amines is 1. The number of nitrogens with one attached hydrogen (secondary N) is 1. The highest BCUT2D eigenvalue weighted by atomic mass is 16.5. The first kappa shape index (κ1) is 25.3. The maximum absolute atomic E-state index is 13.6. The van der Waals surface area contributed by atoms with Crippen LogP contribution in [0.15, 0.2) is 53.3 Å². The lowest BCUT2D eigenvalue weighted by atomic mass is 10.0. The van der Waals surface area contributed by atoms with E-state index < -0.39 is 6.04 Å². The minimum atomic E-state index is -0.408. The summed E-state index contributed by atoms with van der Waals surface area (Å²) in [6.07, 6.45) is 2.08. The molecule has 4 heterocycles. The van der Waals surface area contributed by atoms with E-state index in [-0.39, 0.29) is 11.7 Å². The highest BCUT2D eigenvalue weighted by Crippen LogP contribution is 2.30. The third-order valence-corrected chi connectivity index (χ3v) is 7.70. The summed E-state index contributed by atoms with van der Waals surface area (Å²) in [5.74, 6) is 2.18. The van der Waals surface area contributed by atoms with Crippen LogP contribution in [0.2, 0.25) is 0 Å². The van der Waals surface area contributed by atoms with Crippen molar-refractivity contribution in [2.75, 3.05) is 51.9 Å². The largest absolute Gasteiger partial charge is 0.497 e. The lowest BCUT2D eigenvalue weighted by Crippen LogP contribution is -2.49. The Morgan fingerprint density at radius 3 is 2.51 bits per heavy atom. The summed E-state index contributed by atoms with van der Waals surface area (Å²) >= 11 is 0. The van der Waals surface area contributed by atoms with Crippen LogP contribution in [-0.4, -0.2) is 83.2 Å². The van der Waals surface area contributed by atoms with E-state index in [2.05, 4.69) is 42.4 Å². The van der Waals surface area contributed by atoms with E-state index in [1.54, 1.807) is 14.2 Å². The first-order valence-corrected chi connectivity index (χ1v) is 13.3. The van der Waals surface area contributed by atoms with Gasteiger partial charge in [0, 0.05) is 50.1 Å². The Morgan fingerprint density at radius 1 is 1.03 bits per heavy atom. The van der Waals surface area contributed by atoms with Gasteiger partial charge in [-0.3, -0.25) is 9.69 Å². The Hall–Kier alpha value is -3.96. The lowest BCUT2D eigenvalue weighted by molar-refractivity contribution is 0.0906. The molecule has 2 aliphatic rings. The van der Waals surface area contributed by atoms with Crippen LogP contribution in [0, 0.1) is 0 Å². The first-order chi connectivity index (χ1) is 19.1. The molecule has 6 rings (SSSR count). The van der Waals surface area contributed by atoms with Crippen molar-refractivity contribution >= 4 is 16.6 Å². The van der Waals surface area contributed by atoms with Gasteiger partial charge in [-0.15, -0.1) is 5.10 Å². The van der Waals surface area contributed by atoms with Gasteiger partial charge in [-0.2, -0.15) is 0 Å². The number of H-pyrrole nitrogens is 1. The molecule has 4 aromatic rings. The van der Waals surface area contributed by atoms with Crippen LogP contribution in [0.3, 0.4) is 0 Å². The van der Waals surface area contributed by atoms with Crippen molar-refractivity contribution in [1.29, 1.82) is 0 Å². The predicted octanol–water partition coefficient (Wildman–Crippen LogP) is 2.62. The van der Waals surface area contributed by atoms with Gasteiger partial charge in [0.2, 0.25) is 0 Å². The molecular weight excluding hydrogens is 498 g/mol. The Balaban J connectivity index is 1.34. The summed E-state index contributed by atoms with van der Waals surface area (Å²) in [5, 5.41) is 13.7. The average Bonchev–Trinajstić information content (AvgIpc) is 3.66. The predicted molar refractivity (Wildman–Crippen MR) is 147 cm³/mol. The molecule has 0 radical (unpaired) electrons. The summed E-state index contributed by atoms with van der Waals surface area (Å²) < 4.78 is 18.3. The van der Waals surface area contributed by atoms with E-state index in [1.165, 1.54) is 0 Å². The van der Waals surface area contributed by atoms with Gasteiger partial charge in [0.25, 0.3) is 5.56 Å². The van der Waals surface area contributed by atoms with E-state index in [4.69, 9.17) is 14.2 Å². The van der Waals surface area contributed by atoms with E-state index in [0.717, 1.165) is 68.0 Å². The molecule has 1 N–H and O–H groups in total. The molecule has 11 heteroatoms. The van der Waals surface area contributed by atoms with E-state index >= 15 is 0 Å². The van der Waals surface area contributed by atoms with Crippen LogP contribution in [0.25, 0.3) is 10.9 Å². The number of hydrogen-bond acceptors (Lipinski definition) is 9. The molecule has 0 saturated carbocycles. The van der Waals surface area contributed by atoms with Crippen molar-refractivity contribution in [2.45, 2.75) is 31.5 Å². The van der Waals surface area contributed by atoms with Crippen molar-refractivity contribution in [3.05, 3.63) is 70.3 Å². The number of rotatable bonds is 8. The molecular formula is C28H33N7O4. The summed E-state index contributed by atoms with van der Waals surface area (Å²) in [6.45, 7) is 4.41. The van der Waals surface area contributed by atoms with Gasteiger partial charge in [-0.05, 0) is 71.1 Å². The van der Waals surface area contributed by atoms with Gasteiger partial charge >= 0.3 is 0 Å². The van der Waals surface area contributed by atoms with Crippen molar-refractivity contribution in [2.24, 2.45) is 0 Å². The number of aromatic nitrogens is 5. The molecule has 0 amide bonds. The number of benzene rings is 2. The van der Waals surface area contributed by atoms with Crippen molar-refractivity contribution < 1.29 is 14.2 Å². The lowest BCUT2D eigenvalue weighted by Gasteiger charge is -2.39. The number of piperazine rings is 1. The zero-order chi connectivity index (χ0) is 26.8. The average molecular weight is 532 g/mol. The molecule has 0 unspecified atom stereocenters. The van der Waals surface area contributed by atoms with Crippen molar-refractivity contribution in [3.8, 4) is 11.5 Å². The fourth-order valence-electron chi connectivity index (χ4n) is 5.58. The first-order valence-electron chi connectivity index (χ1n) is 13.3. The second-order valence-corrected chi connectivity index (χ2v) is 9.98. The maximum atomic E-state index is 13.6. The summed E-state index contributed by atoms with van der Waals surface area (Å²) in [5.41, 5.74) is 2.33. The molecule has 2 aromatic carbocycles. The molecule has 204 valence electrons. The number of methoxy groups -OCH3 is 2. The van der Waals surface area contributed by atoms with Gasteiger partial charge in [-0.25, -0.2) is 4.68 Å². The normalized spacial score (nSPS) is 18.9. The SMILES string of the molecule is COc1ccc(N2CCN([C@@H](c3cc4ccc(OC)cc4[nH]c3=O)c3nnnn3C[C@@H]3CCCO3)CC2)cc1. The van der Waals surface area contributed by atoms with Crippen LogP contribution >= 0.6 is 0 Å². The maximum Gasteiger partial charge on any atom is 0.253 e. The van der Waals surface area contributed by atoms with Crippen LogP contribution in [0.5, 0.6) is 11.5 Å². The second kappa shape index (κ2) is 11.0. The van der Waals surface area contributed by atoms with Crippen LogP contribution in [0.4, 0.5) is 5.69 Å². The zero-order valence-electron chi connectivity index (χ0n) is 22.2. The Bertz CT molecular complexity index is 1470. The molecule has 2 saturated heterocycles. The third kappa shape index (κ3) is 5.19. The Kier molecular flexibility index (Phi) is 7.16. The van der Waals surface area contributed by atoms with E-state index in [9.17, 15) is 4.79 Å². The molecule has 0 aliphatic carbocycles. The number of ether oxygens (including phenoxy) is 3. The summed E-state index contributed by atoms with van der Waals surface area (Å²) in [6, 6.07) is 15.4. The minimum absolute atomic E-state index is 0.0715. The Labute approximate surface area is 226 Å². The number of pyridine rings is 1. The topological polar surface area (TPSA) is 111 Å². The quantitative estimate of drug-likeness (QED) is 0.367. The van der Waals surface area contributed by atoms with Crippen LogP contribution < -0.4 is 19.9 Å². The molecule has 0 bridgehead atoms. The number of fused-ring (bicyclic) bond motifs is 1. The van der Waals surface area contributed by atoms with Crippen molar-refractivity contribution in [3.63, 3.8) is 0 Å². The highest BCUT2D eigenvalue weighted by Gasteiger charge is 2.33. The number of anilines is 1. The molecule has 0 spiro atoms. The molecule has 39 heavy (non-hydrogen) atoms. The summed E-state index contributed by atoms with van der Waals surface area (Å²) in [7, 11) is 3.29. The van der Waals surface area contributed by atoms with Gasteiger partial charge in [0.15, 0.2) is 5.82 Å². The summed E-state index contributed by atoms with van der Waals surface area (Å²) in [4.78, 5) is 21.3. The van der Waals surface area contributed by atoms with Crippen LogP contribution in [-0.2, 0) is 11.3 Å². The molecule has 2 aromatic heterocycles. The standard InChI is InChI=1S/C28H33N7O4/c1-37-21-9-6-20(7-10-21)33-11-13-34(14-12-33)26(27-30-31-32-35(27)18-23-4-3-15-39-23)24-16-19-5-8-22(38-2)17-25(19)29-28(24)36/h5-10,16-17,23,26H,3-4,11-15,18H2,1-2H3,(H,29,36)/t23-,26-/m0/s1. The van der Waals surface area contributed by atoms with Gasteiger partial charge in [0.05, 0.1) is 32.4 Å². The van der Waals surface area contributed by atoms with Gasteiger partial charge in [0.1, 0.15) is 17.5 Å². The van der Waals surface area contributed by atoms with Gasteiger partial charge < -0.3 is 24.1 Å². The molecule has 2 atom stereocenters. The number of nitrogens with zero attached hydrogens (tertiary/aromatic N) is 6. The fraction of sp³-hybridized carbons (Fsp3) is 0.429. The second-order valence-electron chi connectivity index (χ2n) is 9.98. The highest BCUT2D eigenvalue weighted by molar-refractivity contribution is 5.80. The number of hydrogen-bond donors (Lipinski definition) is 1. The molecule has 2 fully saturated rings. The number of tetrazole rings is 1. The van der Waals surface area contributed by atoms with Gasteiger partial charge in [-0.1, -0.05) is 0 Å². The van der Waals surface area contributed by atoms with Crippen molar-refractivity contribution in [1.82, 2.24) is 30.1 Å². The monoisotopic (exact) mass is 531 g/mol. The smallest absolute Gasteiger partial charge is 0.253 e. The fourth-order valence-corrected chi connectivity index (χ4v) is 5.58. The zero-order valence-corrected chi connectivity index (χ0v) is 22.2. The van der Waals surface area contributed by atoms with Crippen LogP contribution in [0.1, 0.15) is 30.3 Å². The van der Waals surface area contributed by atoms with E-state index in [0.29, 0.717) is 23.7 Å². The van der Waals surface area contributed by atoms with E-state index in [1.807, 2.05) is 41.1 Å².